The molecule has 20 heavy (non-hydrogen) atoms. The molecule has 2 aromatic rings. The second kappa shape index (κ2) is 7.32. The molecule has 0 aliphatic carbocycles. The molecular weight excluding hydrogens is 361 g/mol. The van der Waals surface area contributed by atoms with Crippen molar-refractivity contribution in [3.8, 4) is 11.5 Å². The molecule has 0 atom stereocenters. The highest BCUT2D eigenvalue weighted by atomic mass is 79.9. The molecule has 0 aliphatic rings. The molecule has 0 spiro atoms. The molecule has 2 aromatic carbocycles. The fourth-order valence-electron chi connectivity index (χ4n) is 1.69. The predicted molar refractivity (Wildman–Crippen MR) is 88.1 cm³/mol. The van der Waals surface area contributed by atoms with Crippen molar-refractivity contribution in [1.82, 2.24) is 5.32 Å². The van der Waals surface area contributed by atoms with Crippen LogP contribution in [0, 0.1) is 0 Å². The van der Waals surface area contributed by atoms with Crippen molar-refractivity contribution in [1.29, 1.82) is 0 Å². The highest BCUT2D eigenvalue weighted by Crippen LogP contribution is 2.37. The zero-order valence-corrected chi connectivity index (χ0v) is 14.0. The lowest BCUT2D eigenvalue weighted by atomic mass is 10.2. The minimum atomic E-state index is 0.415. The summed E-state index contributed by atoms with van der Waals surface area (Å²) in [6, 6.07) is 11.3. The summed E-state index contributed by atoms with van der Waals surface area (Å²) in [7, 11) is 0. The molecule has 0 aliphatic heterocycles. The molecule has 5 heteroatoms. The lowest BCUT2D eigenvalue weighted by Crippen LogP contribution is -2.11. The van der Waals surface area contributed by atoms with Crippen molar-refractivity contribution in [2.24, 2.45) is 0 Å². The van der Waals surface area contributed by atoms with E-state index in [0.717, 1.165) is 17.6 Å². The van der Waals surface area contributed by atoms with Crippen LogP contribution < -0.4 is 10.1 Å². The van der Waals surface area contributed by atoms with Gasteiger partial charge in [-0.05, 0) is 52.3 Å². The molecule has 0 saturated carbocycles. The van der Waals surface area contributed by atoms with Crippen molar-refractivity contribution < 1.29 is 4.74 Å². The first-order valence-electron chi connectivity index (χ1n) is 6.23. The van der Waals surface area contributed by atoms with Gasteiger partial charge in [0.15, 0.2) is 0 Å². The summed E-state index contributed by atoms with van der Waals surface area (Å²) >= 11 is 15.6. The minimum absolute atomic E-state index is 0.415. The lowest BCUT2D eigenvalue weighted by molar-refractivity contribution is 0.479. The molecule has 0 saturated heterocycles. The average Bonchev–Trinajstić information content (AvgIpc) is 2.44. The molecule has 2 rings (SSSR count). The maximum absolute atomic E-state index is 6.11. The standard InChI is InChI=1S/C15H14BrCl2NO/c1-2-19-9-10-6-7-13(11(16)8-10)20-14-5-3-4-12(17)15(14)18/h3-8,19H,2,9H2,1H3. The highest BCUT2D eigenvalue weighted by Gasteiger charge is 2.09. The average molecular weight is 375 g/mol. The Labute approximate surface area is 137 Å². The van der Waals surface area contributed by atoms with Crippen LogP contribution in [0.4, 0.5) is 0 Å². The van der Waals surface area contributed by atoms with Crippen LogP contribution in [0.3, 0.4) is 0 Å². The summed E-state index contributed by atoms with van der Waals surface area (Å²) in [4.78, 5) is 0. The van der Waals surface area contributed by atoms with Gasteiger partial charge >= 0.3 is 0 Å². The van der Waals surface area contributed by atoms with Gasteiger partial charge in [-0.3, -0.25) is 0 Å². The van der Waals surface area contributed by atoms with Crippen LogP contribution in [0.1, 0.15) is 12.5 Å². The largest absolute Gasteiger partial charge is 0.455 e. The maximum Gasteiger partial charge on any atom is 0.147 e. The zero-order chi connectivity index (χ0) is 14.5. The van der Waals surface area contributed by atoms with E-state index < -0.39 is 0 Å². The van der Waals surface area contributed by atoms with Crippen molar-refractivity contribution in [3.05, 3.63) is 56.5 Å². The molecular formula is C15H14BrCl2NO. The Hall–Kier alpha value is -0.740. The minimum Gasteiger partial charge on any atom is -0.455 e. The normalized spacial score (nSPS) is 10.6. The van der Waals surface area contributed by atoms with Gasteiger partial charge in [0.25, 0.3) is 0 Å². The van der Waals surface area contributed by atoms with Gasteiger partial charge in [0.1, 0.15) is 16.5 Å². The second-order valence-corrected chi connectivity index (χ2v) is 5.84. The van der Waals surface area contributed by atoms with Gasteiger partial charge in [-0.25, -0.2) is 0 Å². The number of nitrogens with one attached hydrogen (secondary N) is 1. The summed E-state index contributed by atoms with van der Waals surface area (Å²) in [6.07, 6.45) is 0. The Balaban J connectivity index is 2.19. The first-order valence-corrected chi connectivity index (χ1v) is 7.77. The molecule has 0 fully saturated rings. The summed E-state index contributed by atoms with van der Waals surface area (Å²) in [5.41, 5.74) is 1.18. The molecule has 0 aromatic heterocycles. The van der Waals surface area contributed by atoms with Gasteiger partial charge in [0.05, 0.1) is 9.50 Å². The van der Waals surface area contributed by atoms with E-state index in [1.54, 1.807) is 18.2 Å². The third-order valence-electron chi connectivity index (χ3n) is 2.71. The maximum atomic E-state index is 6.11. The fourth-order valence-corrected chi connectivity index (χ4v) is 2.53. The Kier molecular flexibility index (Phi) is 5.73. The highest BCUT2D eigenvalue weighted by molar-refractivity contribution is 9.10. The Morgan fingerprint density at radius 2 is 1.95 bits per heavy atom. The van der Waals surface area contributed by atoms with Gasteiger partial charge < -0.3 is 10.1 Å². The smallest absolute Gasteiger partial charge is 0.147 e. The summed E-state index contributed by atoms with van der Waals surface area (Å²) < 4.78 is 6.68. The van der Waals surface area contributed by atoms with Crippen LogP contribution in [0.5, 0.6) is 11.5 Å². The SMILES string of the molecule is CCNCc1ccc(Oc2cccc(Cl)c2Cl)c(Br)c1. The van der Waals surface area contributed by atoms with Crippen molar-refractivity contribution in [2.75, 3.05) is 6.54 Å². The number of hydrogen-bond donors (Lipinski definition) is 1. The van der Waals surface area contributed by atoms with Crippen LogP contribution >= 0.6 is 39.1 Å². The quantitative estimate of drug-likeness (QED) is 0.729. The van der Waals surface area contributed by atoms with E-state index in [1.165, 1.54) is 5.56 Å². The fraction of sp³-hybridized carbons (Fsp3) is 0.200. The van der Waals surface area contributed by atoms with Crippen molar-refractivity contribution in [3.63, 3.8) is 0 Å². The number of hydrogen-bond acceptors (Lipinski definition) is 2. The van der Waals surface area contributed by atoms with Gasteiger partial charge in [0.2, 0.25) is 0 Å². The van der Waals surface area contributed by atoms with Crippen molar-refractivity contribution in [2.45, 2.75) is 13.5 Å². The molecule has 0 bridgehead atoms. The number of benzene rings is 2. The van der Waals surface area contributed by atoms with E-state index in [-0.39, 0.29) is 0 Å². The monoisotopic (exact) mass is 373 g/mol. The Morgan fingerprint density at radius 1 is 1.15 bits per heavy atom. The molecule has 1 N–H and O–H groups in total. The second-order valence-electron chi connectivity index (χ2n) is 4.20. The van der Waals surface area contributed by atoms with E-state index in [4.69, 9.17) is 27.9 Å². The van der Waals surface area contributed by atoms with E-state index >= 15 is 0 Å². The topological polar surface area (TPSA) is 21.3 Å². The first-order chi connectivity index (χ1) is 9.61. The van der Waals surface area contributed by atoms with Gasteiger partial charge in [0, 0.05) is 6.54 Å². The summed E-state index contributed by atoms with van der Waals surface area (Å²) in [5.74, 6) is 1.24. The number of halogens is 3. The van der Waals surface area contributed by atoms with Crippen LogP contribution in [0.15, 0.2) is 40.9 Å². The molecule has 2 nitrogen and oxygen atoms in total. The summed E-state index contributed by atoms with van der Waals surface area (Å²) in [5, 5.41) is 4.17. The third kappa shape index (κ3) is 3.89. The Morgan fingerprint density at radius 3 is 2.65 bits per heavy atom. The molecule has 0 radical (unpaired) electrons. The third-order valence-corrected chi connectivity index (χ3v) is 4.13. The van der Waals surface area contributed by atoms with Crippen LogP contribution in [-0.2, 0) is 6.54 Å². The first kappa shape index (κ1) is 15.6. The van der Waals surface area contributed by atoms with E-state index in [1.807, 2.05) is 18.2 Å². The van der Waals surface area contributed by atoms with E-state index in [0.29, 0.717) is 21.5 Å². The number of ether oxygens (including phenoxy) is 1. The molecule has 0 heterocycles. The van der Waals surface area contributed by atoms with E-state index in [2.05, 4.69) is 28.2 Å². The summed E-state index contributed by atoms with van der Waals surface area (Å²) in [6.45, 7) is 3.84. The molecule has 0 amide bonds. The van der Waals surface area contributed by atoms with Crippen LogP contribution in [-0.4, -0.2) is 6.54 Å². The number of rotatable bonds is 5. The van der Waals surface area contributed by atoms with Crippen molar-refractivity contribution >= 4 is 39.1 Å². The van der Waals surface area contributed by atoms with Crippen LogP contribution in [0.25, 0.3) is 0 Å². The van der Waals surface area contributed by atoms with Gasteiger partial charge in [-0.2, -0.15) is 0 Å². The van der Waals surface area contributed by atoms with Gasteiger partial charge in [-0.1, -0.05) is 42.3 Å². The lowest BCUT2D eigenvalue weighted by Gasteiger charge is -2.11. The predicted octanol–water partition coefficient (Wildman–Crippen LogP) is 5.66. The molecule has 0 unspecified atom stereocenters. The molecule has 106 valence electrons. The van der Waals surface area contributed by atoms with Gasteiger partial charge in [-0.15, -0.1) is 0 Å². The van der Waals surface area contributed by atoms with E-state index in [9.17, 15) is 0 Å². The zero-order valence-electron chi connectivity index (χ0n) is 10.9. The van der Waals surface area contributed by atoms with Crippen LogP contribution in [0.2, 0.25) is 10.0 Å². The Bertz CT molecular complexity index is 604.